The highest BCUT2D eigenvalue weighted by molar-refractivity contribution is 5.42. The molecule has 1 atom stereocenters. The van der Waals surface area contributed by atoms with E-state index in [9.17, 15) is 0 Å². The topological polar surface area (TPSA) is 68.3 Å². The molecule has 4 nitrogen and oxygen atoms in total. The Kier molecular flexibility index (Phi) is 4.81. The zero-order valence-electron chi connectivity index (χ0n) is 12.2. The van der Waals surface area contributed by atoms with Gasteiger partial charge in [-0.15, -0.1) is 0 Å². The number of benzene rings is 2. The maximum absolute atomic E-state index is 8.78. The van der Waals surface area contributed by atoms with Crippen LogP contribution >= 0.6 is 0 Å². The molecule has 0 aliphatic carbocycles. The minimum absolute atomic E-state index is 0.119. The molecule has 108 valence electrons. The second-order valence-electron chi connectivity index (χ2n) is 4.79. The van der Waals surface area contributed by atoms with E-state index in [0.717, 1.165) is 16.9 Å². The quantitative estimate of drug-likeness (QED) is 0.914. The summed E-state index contributed by atoms with van der Waals surface area (Å²) in [4.78, 5) is 0. The number of rotatable bonds is 5. The number of ether oxygens (including phenoxy) is 2. The van der Waals surface area contributed by atoms with Crippen molar-refractivity contribution in [1.29, 1.82) is 5.26 Å². The summed E-state index contributed by atoms with van der Waals surface area (Å²) in [5.74, 6) is 1.45. The van der Waals surface area contributed by atoms with Crippen LogP contribution in [0.1, 0.15) is 29.7 Å². The van der Waals surface area contributed by atoms with Crippen LogP contribution in [0.15, 0.2) is 42.5 Å². The maximum Gasteiger partial charge on any atom is 0.128 e. The number of nitriles is 1. The summed E-state index contributed by atoms with van der Waals surface area (Å²) in [6.45, 7) is 2.33. The lowest BCUT2D eigenvalue weighted by Crippen LogP contribution is -2.08. The van der Waals surface area contributed by atoms with Crippen molar-refractivity contribution in [3.05, 3.63) is 59.2 Å². The van der Waals surface area contributed by atoms with Gasteiger partial charge >= 0.3 is 0 Å². The van der Waals surface area contributed by atoms with Crippen molar-refractivity contribution in [1.82, 2.24) is 0 Å². The van der Waals surface area contributed by atoms with Crippen molar-refractivity contribution in [2.75, 3.05) is 7.11 Å². The summed E-state index contributed by atoms with van der Waals surface area (Å²) in [5, 5.41) is 8.78. The fourth-order valence-corrected chi connectivity index (χ4v) is 1.98. The van der Waals surface area contributed by atoms with Crippen LogP contribution in [0.25, 0.3) is 0 Å². The normalized spacial score (nSPS) is 11.5. The number of methoxy groups -OCH3 is 1. The minimum Gasteiger partial charge on any atom is -0.497 e. The molecule has 2 aromatic carbocycles. The summed E-state index contributed by atoms with van der Waals surface area (Å²) < 4.78 is 11.1. The Morgan fingerprint density at radius 2 is 1.90 bits per heavy atom. The molecule has 2 aromatic rings. The van der Waals surface area contributed by atoms with Gasteiger partial charge in [-0.3, -0.25) is 0 Å². The summed E-state index contributed by atoms with van der Waals surface area (Å²) in [6, 6.07) is 14.9. The molecule has 0 aliphatic heterocycles. The molecule has 0 aliphatic rings. The number of nitrogens with zero attached hydrogens (tertiary/aromatic N) is 1. The molecule has 0 radical (unpaired) electrons. The minimum atomic E-state index is -0.119. The molecule has 2 N–H and O–H groups in total. The Balaban J connectivity index is 2.16. The van der Waals surface area contributed by atoms with E-state index in [4.69, 9.17) is 20.5 Å². The number of hydrogen-bond donors (Lipinski definition) is 1. The predicted molar refractivity (Wildman–Crippen MR) is 81.1 cm³/mol. The first-order valence-electron chi connectivity index (χ1n) is 6.69. The number of nitrogens with two attached hydrogens (primary N) is 1. The highest BCUT2D eigenvalue weighted by Gasteiger charge is 2.10. The first-order valence-corrected chi connectivity index (χ1v) is 6.69. The van der Waals surface area contributed by atoms with Crippen LogP contribution in [0.4, 0.5) is 0 Å². The first-order chi connectivity index (χ1) is 10.1. The van der Waals surface area contributed by atoms with E-state index in [1.54, 1.807) is 19.2 Å². The smallest absolute Gasteiger partial charge is 0.128 e. The molecule has 21 heavy (non-hydrogen) atoms. The number of hydrogen-bond acceptors (Lipinski definition) is 4. The Bertz CT molecular complexity index is 643. The summed E-state index contributed by atoms with van der Waals surface area (Å²) in [7, 11) is 1.62. The van der Waals surface area contributed by atoms with E-state index in [-0.39, 0.29) is 6.04 Å². The molecular formula is C17H18N2O2. The Morgan fingerprint density at radius 1 is 1.19 bits per heavy atom. The molecular weight excluding hydrogens is 264 g/mol. The summed E-state index contributed by atoms with van der Waals surface area (Å²) in [5.41, 5.74) is 8.52. The van der Waals surface area contributed by atoms with Crippen LogP contribution in [0, 0.1) is 11.3 Å². The largest absolute Gasteiger partial charge is 0.497 e. The van der Waals surface area contributed by atoms with Crippen LogP contribution < -0.4 is 15.2 Å². The zero-order chi connectivity index (χ0) is 15.2. The average Bonchev–Trinajstić information content (AvgIpc) is 2.52. The first kappa shape index (κ1) is 14.9. The maximum atomic E-state index is 8.78. The fourth-order valence-electron chi connectivity index (χ4n) is 1.98. The highest BCUT2D eigenvalue weighted by atomic mass is 16.5. The lowest BCUT2D eigenvalue weighted by atomic mass is 10.1. The fraction of sp³-hybridized carbons (Fsp3) is 0.235. The Labute approximate surface area is 124 Å². The lowest BCUT2D eigenvalue weighted by Gasteiger charge is -2.15. The van der Waals surface area contributed by atoms with Gasteiger partial charge in [-0.2, -0.15) is 5.26 Å². The monoisotopic (exact) mass is 282 g/mol. The van der Waals surface area contributed by atoms with Crippen LogP contribution in [0.3, 0.4) is 0 Å². The van der Waals surface area contributed by atoms with Gasteiger partial charge in [0.25, 0.3) is 0 Å². The van der Waals surface area contributed by atoms with E-state index in [1.807, 2.05) is 37.3 Å². The van der Waals surface area contributed by atoms with Crippen molar-refractivity contribution < 1.29 is 9.47 Å². The van der Waals surface area contributed by atoms with Gasteiger partial charge in [0, 0.05) is 17.7 Å². The predicted octanol–water partition coefficient (Wildman–Crippen LogP) is 3.17. The van der Waals surface area contributed by atoms with E-state index in [2.05, 4.69) is 6.07 Å². The molecule has 2 rings (SSSR count). The average molecular weight is 282 g/mol. The Morgan fingerprint density at radius 3 is 2.48 bits per heavy atom. The van der Waals surface area contributed by atoms with Crippen LogP contribution in [0.5, 0.6) is 11.5 Å². The zero-order valence-corrected chi connectivity index (χ0v) is 12.2. The SMILES string of the molecule is COc1ccc(C(C)N)c(OCc2ccc(C#N)cc2)c1. The molecule has 0 saturated carbocycles. The third-order valence-corrected chi connectivity index (χ3v) is 3.19. The molecule has 4 heteroatoms. The van der Waals surface area contributed by atoms with Gasteiger partial charge in [0.1, 0.15) is 18.1 Å². The van der Waals surface area contributed by atoms with Gasteiger partial charge < -0.3 is 15.2 Å². The van der Waals surface area contributed by atoms with Gasteiger partial charge in [0.2, 0.25) is 0 Å². The molecule has 0 spiro atoms. The van der Waals surface area contributed by atoms with Crippen molar-refractivity contribution in [3.8, 4) is 17.6 Å². The molecule has 0 amide bonds. The second-order valence-corrected chi connectivity index (χ2v) is 4.79. The molecule has 0 fully saturated rings. The molecule has 0 aromatic heterocycles. The third-order valence-electron chi connectivity index (χ3n) is 3.19. The summed E-state index contributed by atoms with van der Waals surface area (Å²) in [6.07, 6.45) is 0. The van der Waals surface area contributed by atoms with Crippen LogP contribution in [0.2, 0.25) is 0 Å². The van der Waals surface area contributed by atoms with Gasteiger partial charge in [0.15, 0.2) is 0 Å². The molecule has 0 bridgehead atoms. The van der Waals surface area contributed by atoms with Gasteiger partial charge in [-0.05, 0) is 30.7 Å². The van der Waals surface area contributed by atoms with E-state index in [0.29, 0.717) is 17.9 Å². The van der Waals surface area contributed by atoms with E-state index >= 15 is 0 Å². The van der Waals surface area contributed by atoms with Crippen molar-refractivity contribution >= 4 is 0 Å². The molecule has 0 heterocycles. The van der Waals surface area contributed by atoms with Gasteiger partial charge in [0.05, 0.1) is 18.7 Å². The van der Waals surface area contributed by atoms with Crippen molar-refractivity contribution in [2.45, 2.75) is 19.6 Å². The Hall–Kier alpha value is -2.51. The lowest BCUT2D eigenvalue weighted by molar-refractivity contribution is 0.299. The van der Waals surface area contributed by atoms with Crippen molar-refractivity contribution in [3.63, 3.8) is 0 Å². The second kappa shape index (κ2) is 6.78. The van der Waals surface area contributed by atoms with E-state index < -0.39 is 0 Å². The van der Waals surface area contributed by atoms with Gasteiger partial charge in [-0.25, -0.2) is 0 Å². The van der Waals surface area contributed by atoms with Crippen LogP contribution in [-0.4, -0.2) is 7.11 Å². The van der Waals surface area contributed by atoms with Crippen LogP contribution in [-0.2, 0) is 6.61 Å². The van der Waals surface area contributed by atoms with Crippen molar-refractivity contribution in [2.24, 2.45) is 5.73 Å². The molecule has 0 saturated heterocycles. The third kappa shape index (κ3) is 3.74. The van der Waals surface area contributed by atoms with E-state index in [1.165, 1.54) is 0 Å². The molecule has 1 unspecified atom stereocenters. The highest BCUT2D eigenvalue weighted by Crippen LogP contribution is 2.29. The van der Waals surface area contributed by atoms with Gasteiger partial charge in [-0.1, -0.05) is 18.2 Å². The summed E-state index contributed by atoms with van der Waals surface area (Å²) >= 11 is 0. The standard InChI is InChI=1S/C17H18N2O2/c1-12(19)16-8-7-15(20-2)9-17(16)21-11-14-5-3-13(10-18)4-6-14/h3-9,12H,11,19H2,1-2H3.